The van der Waals surface area contributed by atoms with Gasteiger partial charge in [0, 0.05) is 33.6 Å². The van der Waals surface area contributed by atoms with E-state index in [1.54, 1.807) is 0 Å². The SMILES string of the molecule is Cc1ccc(C(=O)n2c3ccccc3c3c4ccn(-c5ccccc5)c4ccc32)cc1. The van der Waals surface area contributed by atoms with Crippen LogP contribution >= 0.6 is 0 Å². The van der Waals surface area contributed by atoms with E-state index in [2.05, 4.69) is 47.2 Å². The van der Waals surface area contributed by atoms with Crippen molar-refractivity contribution in [3.63, 3.8) is 0 Å². The zero-order valence-electron chi connectivity index (χ0n) is 17.1. The third-order valence-corrected chi connectivity index (χ3v) is 6.04. The maximum absolute atomic E-state index is 13.6. The van der Waals surface area contributed by atoms with E-state index in [0.29, 0.717) is 5.56 Å². The second-order valence-electron chi connectivity index (χ2n) is 7.94. The summed E-state index contributed by atoms with van der Waals surface area (Å²) in [6.07, 6.45) is 2.10. The van der Waals surface area contributed by atoms with Crippen LogP contribution in [0.3, 0.4) is 0 Å². The van der Waals surface area contributed by atoms with Crippen LogP contribution in [0, 0.1) is 6.92 Å². The van der Waals surface area contributed by atoms with Gasteiger partial charge >= 0.3 is 0 Å². The first-order chi connectivity index (χ1) is 15.2. The van der Waals surface area contributed by atoms with Crippen molar-refractivity contribution < 1.29 is 4.79 Å². The molecular weight excluding hydrogens is 380 g/mol. The molecule has 148 valence electrons. The zero-order chi connectivity index (χ0) is 20.9. The van der Waals surface area contributed by atoms with Crippen LogP contribution in [-0.2, 0) is 0 Å². The summed E-state index contributed by atoms with van der Waals surface area (Å²) in [5.41, 5.74) is 5.95. The van der Waals surface area contributed by atoms with Crippen molar-refractivity contribution in [2.75, 3.05) is 0 Å². The molecule has 0 unspecified atom stereocenters. The Hall–Kier alpha value is -4.11. The van der Waals surface area contributed by atoms with E-state index >= 15 is 0 Å². The molecule has 0 spiro atoms. The van der Waals surface area contributed by atoms with Gasteiger partial charge in [0.15, 0.2) is 0 Å². The number of aryl methyl sites for hydroxylation is 1. The number of aromatic nitrogens is 2. The van der Waals surface area contributed by atoms with Gasteiger partial charge in [-0.1, -0.05) is 54.1 Å². The highest BCUT2D eigenvalue weighted by atomic mass is 16.2. The second-order valence-corrected chi connectivity index (χ2v) is 7.94. The fourth-order valence-corrected chi connectivity index (χ4v) is 4.54. The molecule has 3 nitrogen and oxygen atoms in total. The Bertz CT molecular complexity index is 1590. The predicted octanol–water partition coefficient (Wildman–Crippen LogP) is 6.74. The molecule has 0 saturated carbocycles. The second kappa shape index (κ2) is 6.71. The van der Waals surface area contributed by atoms with Crippen LogP contribution in [0.25, 0.3) is 38.4 Å². The maximum atomic E-state index is 13.6. The van der Waals surface area contributed by atoms with Crippen molar-refractivity contribution in [3.8, 4) is 5.69 Å². The molecule has 2 heterocycles. The van der Waals surface area contributed by atoms with Gasteiger partial charge in [-0.15, -0.1) is 0 Å². The van der Waals surface area contributed by atoms with Gasteiger partial charge in [0.25, 0.3) is 5.91 Å². The Morgan fingerprint density at radius 1 is 0.645 bits per heavy atom. The molecule has 0 atom stereocenters. The molecule has 3 heteroatoms. The molecule has 0 aliphatic heterocycles. The van der Waals surface area contributed by atoms with E-state index < -0.39 is 0 Å². The number of carbonyl (C=O) groups is 1. The lowest BCUT2D eigenvalue weighted by molar-refractivity contribution is 0.0969. The molecule has 31 heavy (non-hydrogen) atoms. The topological polar surface area (TPSA) is 26.9 Å². The van der Waals surface area contributed by atoms with E-state index in [9.17, 15) is 4.79 Å². The molecule has 0 amide bonds. The number of hydrogen-bond donors (Lipinski definition) is 0. The van der Waals surface area contributed by atoms with Gasteiger partial charge < -0.3 is 4.57 Å². The summed E-state index contributed by atoms with van der Waals surface area (Å²) in [6.45, 7) is 2.03. The zero-order valence-corrected chi connectivity index (χ0v) is 17.1. The first kappa shape index (κ1) is 17.7. The minimum atomic E-state index is -0.00644. The van der Waals surface area contributed by atoms with Crippen molar-refractivity contribution in [1.29, 1.82) is 0 Å². The smallest absolute Gasteiger partial charge is 0.262 e. The molecule has 6 aromatic rings. The minimum absolute atomic E-state index is 0.00644. The highest BCUT2D eigenvalue weighted by Gasteiger charge is 2.20. The van der Waals surface area contributed by atoms with E-state index in [4.69, 9.17) is 0 Å². The number of para-hydroxylation sites is 2. The third kappa shape index (κ3) is 2.63. The van der Waals surface area contributed by atoms with Gasteiger partial charge in [0.05, 0.1) is 16.6 Å². The molecule has 0 aliphatic rings. The van der Waals surface area contributed by atoms with Gasteiger partial charge in [-0.3, -0.25) is 9.36 Å². The van der Waals surface area contributed by atoms with Crippen LogP contribution in [0.4, 0.5) is 0 Å². The van der Waals surface area contributed by atoms with E-state index in [0.717, 1.165) is 44.0 Å². The quantitative estimate of drug-likeness (QED) is 0.316. The Kier molecular flexibility index (Phi) is 3.84. The summed E-state index contributed by atoms with van der Waals surface area (Å²) < 4.78 is 4.05. The number of nitrogens with zero attached hydrogens (tertiary/aromatic N) is 2. The average Bonchev–Trinajstić information content (AvgIpc) is 3.39. The van der Waals surface area contributed by atoms with Crippen LogP contribution in [0.15, 0.2) is 103 Å². The summed E-state index contributed by atoms with van der Waals surface area (Å²) >= 11 is 0. The van der Waals surface area contributed by atoms with Gasteiger partial charge in [-0.25, -0.2) is 0 Å². The van der Waals surface area contributed by atoms with Crippen LogP contribution in [0.1, 0.15) is 15.9 Å². The largest absolute Gasteiger partial charge is 0.317 e. The van der Waals surface area contributed by atoms with Crippen molar-refractivity contribution in [3.05, 3.63) is 114 Å². The predicted molar refractivity (Wildman–Crippen MR) is 127 cm³/mol. The van der Waals surface area contributed by atoms with E-state index in [1.807, 2.05) is 72.2 Å². The van der Waals surface area contributed by atoms with Crippen LogP contribution in [0.2, 0.25) is 0 Å². The lowest BCUT2D eigenvalue weighted by atomic mass is 10.1. The Labute approximate surface area is 179 Å². The molecule has 0 fully saturated rings. The van der Waals surface area contributed by atoms with Gasteiger partial charge in [-0.05, 0) is 55.5 Å². The lowest BCUT2D eigenvalue weighted by Gasteiger charge is -2.08. The fraction of sp³-hybridized carbons (Fsp3) is 0.0357. The van der Waals surface area contributed by atoms with Gasteiger partial charge in [0.2, 0.25) is 0 Å². The number of fused-ring (bicyclic) bond motifs is 5. The third-order valence-electron chi connectivity index (χ3n) is 6.04. The Balaban J connectivity index is 1.67. The summed E-state index contributed by atoms with van der Waals surface area (Å²) in [5.74, 6) is -0.00644. The first-order valence-corrected chi connectivity index (χ1v) is 10.4. The molecule has 4 aromatic carbocycles. The summed E-state index contributed by atoms with van der Waals surface area (Å²) in [5, 5.41) is 3.35. The summed E-state index contributed by atoms with van der Waals surface area (Å²) in [6, 6.07) is 32.6. The molecule has 0 N–H and O–H groups in total. The standard InChI is InChI=1S/C28H20N2O/c1-19-11-13-20(14-12-19)28(31)30-25-10-6-5-9-22(25)27-23-17-18-29(21-7-3-2-4-8-21)24(23)15-16-26(27)30/h2-18H,1H3. The highest BCUT2D eigenvalue weighted by molar-refractivity contribution is 6.24. The molecule has 0 saturated heterocycles. The van der Waals surface area contributed by atoms with E-state index in [1.165, 1.54) is 0 Å². The van der Waals surface area contributed by atoms with Crippen molar-refractivity contribution in [2.24, 2.45) is 0 Å². The van der Waals surface area contributed by atoms with Crippen molar-refractivity contribution in [2.45, 2.75) is 6.92 Å². The average molecular weight is 400 g/mol. The van der Waals surface area contributed by atoms with Gasteiger partial charge in [0.1, 0.15) is 0 Å². The van der Waals surface area contributed by atoms with E-state index in [-0.39, 0.29) is 5.91 Å². The highest BCUT2D eigenvalue weighted by Crippen LogP contribution is 2.36. The molecule has 0 bridgehead atoms. The molecular formula is C28H20N2O. The lowest BCUT2D eigenvalue weighted by Crippen LogP contribution is -2.11. The van der Waals surface area contributed by atoms with Crippen molar-refractivity contribution in [1.82, 2.24) is 9.13 Å². The minimum Gasteiger partial charge on any atom is -0.317 e. The van der Waals surface area contributed by atoms with Crippen molar-refractivity contribution >= 4 is 38.6 Å². The van der Waals surface area contributed by atoms with Gasteiger partial charge in [-0.2, -0.15) is 0 Å². The molecule has 0 radical (unpaired) electrons. The number of hydrogen-bond acceptors (Lipinski definition) is 1. The normalized spacial score (nSPS) is 11.5. The Morgan fingerprint density at radius 2 is 1.32 bits per heavy atom. The van der Waals surface area contributed by atoms with Crippen LogP contribution < -0.4 is 0 Å². The molecule has 6 rings (SSSR count). The van der Waals surface area contributed by atoms with Crippen LogP contribution in [-0.4, -0.2) is 15.0 Å². The number of benzene rings is 4. The first-order valence-electron chi connectivity index (χ1n) is 10.4. The fourth-order valence-electron chi connectivity index (χ4n) is 4.54. The molecule has 0 aliphatic carbocycles. The summed E-state index contributed by atoms with van der Waals surface area (Å²) in [7, 11) is 0. The van der Waals surface area contributed by atoms with Crippen LogP contribution in [0.5, 0.6) is 0 Å². The molecule has 2 aromatic heterocycles. The maximum Gasteiger partial charge on any atom is 0.262 e. The Morgan fingerprint density at radius 3 is 2.13 bits per heavy atom. The monoisotopic (exact) mass is 400 g/mol. The number of carbonyl (C=O) groups excluding carboxylic acids is 1. The summed E-state index contributed by atoms with van der Waals surface area (Å²) in [4.78, 5) is 13.6. The number of rotatable bonds is 2.